The van der Waals surface area contributed by atoms with Gasteiger partial charge in [-0.25, -0.2) is 0 Å². The molecule has 8 heteroatoms. The van der Waals surface area contributed by atoms with Crippen LogP contribution in [0.15, 0.2) is 62.7 Å². The predicted octanol–water partition coefficient (Wildman–Crippen LogP) is 4.61. The van der Waals surface area contributed by atoms with E-state index in [-0.39, 0.29) is 6.61 Å². The third-order valence-electron chi connectivity index (χ3n) is 3.89. The van der Waals surface area contributed by atoms with Crippen LogP contribution in [0.2, 0.25) is 0 Å². The fraction of sp³-hybridized carbons (Fsp3) is 0.200. The van der Waals surface area contributed by atoms with Gasteiger partial charge in [0.1, 0.15) is 5.75 Å². The summed E-state index contributed by atoms with van der Waals surface area (Å²) in [5.41, 5.74) is 3.20. The maximum atomic E-state index is 5.66. The molecule has 0 bridgehead atoms. The molecule has 2 aromatic carbocycles. The molecule has 0 amide bonds. The maximum absolute atomic E-state index is 5.66. The first-order valence-electron chi connectivity index (χ1n) is 8.70. The molecule has 0 N–H and O–H groups in total. The van der Waals surface area contributed by atoms with Crippen molar-refractivity contribution in [1.82, 2.24) is 20.3 Å². The van der Waals surface area contributed by atoms with E-state index in [0.717, 1.165) is 16.9 Å². The molecule has 4 rings (SSSR count). The van der Waals surface area contributed by atoms with Crippen molar-refractivity contribution in [2.75, 3.05) is 0 Å². The summed E-state index contributed by atoms with van der Waals surface area (Å²) in [6, 6.07) is 15.7. The molecule has 2 aromatic heterocycles. The molecule has 142 valence electrons. The van der Waals surface area contributed by atoms with Crippen LogP contribution >= 0.6 is 11.8 Å². The lowest BCUT2D eigenvalue weighted by Gasteiger charge is -2.03. The maximum Gasteiger partial charge on any atom is 0.277 e. The van der Waals surface area contributed by atoms with Gasteiger partial charge in [-0.15, -0.1) is 10.2 Å². The molecule has 0 fully saturated rings. The van der Waals surface area contributed by atoms with E-state index in [4.69, 9.17) is 13.7 Å². The molecule has 0 atom stereocenters. The third kappa shape index (κ3) is 4.58. The van der Waals surface area contributed by atoms with Crippen LogP contribution < -0.4 is 4.74 Å². The highest BCUT2D eigenvalue weighted by Gasteiger charge is 2.12. The number of hydrogen-bond donors (Lipinski definition) is 0. The van der Waals surface area contributed by atoms with Crippen molar-refractivity contribution >= 4 is 11.8 Å². The van der Waals surface area contributed by atoms with Gasteiger partial charge in [0.05, 0.1) is 5.75 Å². The first-order valence-corrected chi connectivity index (χ1v) is 9.68. The highest BCUT2D eigenvalue weighted by atomic mass is 32.2. The van der Waals surface area contributed by atoms with E-state index < -0.39 is 0 Å². The van der Waals surface area contributed by atoms with Crippen molar-refractivity contribution in [3.05, 3.63) is 71.4 Å². The number of hydrogen-bond acceptors (Lipinski definition) is 8. The van der Waals surface area contributed by atoms with Crippen molar-refractivity contribution in [3.63, 3.8) is 0 Å². The number of thioether (sulfide) groups is 1. The Morgan fingerprint density at radius 3 is 2.68 bits per heavy atom. The van der Waals surface area contributed by atoms with Gasteiger partial charge in [0.15, 0.2) is 12.4 Å². The Kier molecular flexibility index (Phi) is 5.38. The summed E-state index contributed by atoms with van der Waals surface area (Å²) in [5, 5.41) is 12.5. The molecule has 0 spiro atoms. The molecule has 0 saturated heterocycles. The second kappa shape index (κ2) is 8.26. The zero-order valence-electron chi connectivity index (χ0n) is 15.5. The standard InChI is InChI=1S/C20H18N4O3S/c1-13-6-8-15(9-7-13)19-21-17(24-27-19)12-28-20-23-22-18(26-20)11-25-16-5-3-4-14(2)10-16/h3-10H,11-12H2,1-2H3. The Hall–Kier alpha value is -3.13. The molecule has 7 nitrogen and oxygen atoms in total. The minimum atomic E-state index is 0.219. The lowest BCUT2D eigenvalue weighted by Crippen LogP contribution is -1.95. The lowest BCUT2D eigenvalue weighted by molar-refractivity contribution is 0.252. The van der Waals surface area contributed by atoms with Gasteiger partial charge in [-0.05, 0) is 43.7 Å². The van der Waals surface area contributed by atoms with Gasteiger partial charge in [0.25, 0.3) is 17.0 Å². The van der Waals surface area contributed by atoms with Gasteiger partial charge in [-0.1, -0.05) is 46.7 Å². The monoisotopic (exact) mass is 394 g/mol. The van der Waals surface area contributed by atoms with E-state index in [9.17, 15) is 0 Å². The molecule has 4 aromatic rings. The van der Waals surface area contributed by atoms with Gasteiger partial charge in [-0.2, -0.15) is 4.98 Å². The van der Waals surface area contributed by atoms with Crippen LogP contribution in [0.4, 0.5) is 0 Å². The van der Waals surface area contributed by atoms with E-state index in [2.05, 4.69) is 20.3 Å². The summed E-state index contributed by atoms with van der Waals surface area (Å²) >= 11 is 1.35. The van der Waals surface area contributed by atoms with Crippen LogP contribution in [-0.4, -0.2) is 20.3 Å². The molecule has 0 unspecified atom stereocenters. The van der Waals surface area contributed by atoms with Gasteiger partial charge in [0, 0.05) is 5.56 Å². The number of aryl methyl sites for hydroxylation is 2. The normalized spacial score (nSPS) is 10.9. The number of benzene rings is 2. The molecule has 0 aliphatic rings. The topological polar surface area (TPSA) is 87.1 Å². The quantitative estimate of drug-likeness (QED) is 0.420. The number of rotatable bonds is 7. The van der Waals surface area contributed by atoms with E-state index in [1.54, 1.807) is 0 Å². The zero-order valence-corrected chi connectivity index (χ0v) is 16.3. The largest absolute Gasteiger partial charge is 0.484 e. The van der Waals surface area contributed by atoms with Crippen LogP contribution in [0.25, 0.3) is 11.5 Å². The fourth-order valence-corrected chi connectivity index (χ4v) is 3.08. The Bertz CT molecular complexity index is 1060. The Morgan fingerprint density at radius 2 is 1.86 bits per heavy atom. The lowest BCUT2D eigenvalue weighted by atomic mass is 10.1. The predicted molar refractivity (Wildman–Crippen MR) is 104 cm³/mol. The minimum absolute atomic E-state index is 0.219. The van der Waals surface area contributed by atoms with Gasteiger partial charge in [-0.3, -0.25) is 0 Å². The number of nitrogens with zero attached hydrogens (tertiary/aromatic N) is 4. The van der Waals surface area contributed by atoms with E-state index in [0.29, 0.717) is 28.6 Å². The molecule has 0 aliphatic carbocycles. The molecule has 0 radical (unpaired) electrons. The first-order chi connectivity index (χ1) is 13.7. The van der Waals surface area contributed by atoms with E-state index in [1.165, 1.54) is 17.3 Å². The summed E-state index contributed by atoms with van der Waals surface area (Å²) in [7, 11) is 0. The SMILES string of the molecule is Cc1ccc(-c2nc(CSc3nnc(COc4cccc(C)c4)o3)no2)cc1. The first kappa shape index (κ1) is 18.2. The summed E-state index contributed by atoms with van der Waals surface area (Å²) in [4.78, 5) is 4.40. The minimum Gasteiger partial charge on any atom is -0.484 e. The molecular weight excluding hydrogens is 376 g/mol. The van der Waals surface area contributed by atoms with Crippen LogP contribution in [0.3, 0.4) is 0 Å². The van der Waals surface area contributed by atoms with Crippen LogP contribution in [0.1, 0.15) is 22.8 Å². The fourth-order valence-electron chi connectivity index (χ4n) is 2.46. The Morgan fingerprint density at radius 1 is 1.00 bits per heavy atom. The van der Waals surface area contributed by atoms with Crippen LogP contribution in [-0.2, 0) is 12.4 Å². The third-order valence-corrected chi connectivity index (χ3v) is 4.71. The van der Waals surface area contributed by atoms with Gasteiger partial charge >= 0.3 is 0 Å². The molecule has 0 aliphatic heterocycles. The smallest absolute Gasteiger partial charge is 0.277 e. The van der Waals surface area contributed by atoms with E-state index in [1.807, 2.05) is 62.4 Å². The van der Waals surface area contributed by atoms with Crippen molar-refractivity contribution in [1.29, 1.82) is 0 Å². The van der Waals surface area contributed by atoms with Crippen LogP contribution in [0, 0.1) is 13.8 Å². The van der Waals surface area contributed by atoms with Gasteiger partial charge < -0.3 is 13.7 Å². The highest BCUT2D eigenvalue weighted by Crippen LogP contribution is 2.23. The summed E-state index contributed by atoms with van der Waals surface area (Å²) in [6.45, 7) is 4.26. The second-order valence-electron chi connectivity index (χ2n) is 6.24. The van der Waals surface area contributed by atoms with E-state index >= 15 is 0 Å². The number of ether oxygens (including phenoxy) is 1. The summed E-state index contributed by atoms with van der Waals surface area (Å²) in [6.07, 6.45) is 0. The zero-order chi connectivity index (χ0) is 19.3. The molecular formula is C20H18N4O3S. The second-order valence-corrected chi connectivity index (χ2v) is 7.16. The average Bonchev–Trinajstić information content (AvgIpc) is 3.35. The molecule has 2 heterocycles. The average molecular weight is 394 g/mol. The highest BCUT2D eigenvalue weighted by molar-refractivity contribution is 7.98. The van der Waals surface area contributed by atoms with Gasteiger partial charge in [0.2, 0.25) is 0 Å². The van der Waals surface area contributed by atoms with Crippen LogP contribution in [0.5, 0.6) is 5.75 Å². The molecule has 28 heavy (non-hydrogen) atoms. The summed E-state index contributed by atoms with van der Waals surface area (Å²) < 4.78 is 16.6. The van der Waals surface area contributed by atoms with Crippen molar-refractivity contribution in [3.8, 4) is 17.2 Å². The summed E-state index contributed by atoms with van der Waals surface area (Å²) in [5.74, 6) is 2.71. The molecule has 0 saturated carbocycles. The van der Waals surface area contributed by atoms with Crippen molar-refractivity contribution in [2.24, 2.45) is 0 Å². The Balaban J connectivity index is 1.31. The van der Waals surface area contributed by atoms with Crippen molar-refractivity contribution < 1.29 is 13.7 Å². The number of aromatic nitrogens is 4. The van der Waals surface area contributed by atoms with Crippen molar-refractivity contribution in [2.45, 2.75) is 31.4 Å². The Labute approximate surface area is 166 Å².